The fourth-order valence-electron chi connectivity index (χ4n) is 3.41. The molecule has 0 saturated carbocycles. The van der Waals surface area contributed by atoms with Crippen molar-refractivity contribution in [3.8, 4) is 0 Å². The van der Waals surface area contributed by atoms with Gasteiger partial charge in [-0.15, -0.1) is 0 Å². The van der Waals surface area contributed by atoms with Crippen LogP contribution < -0.4 is 9.80 Å². The van der Waals surface area contributed by atoms with Gasteiger partial charge < -0.3 is 14.9 Å². The Bertz CT molecular complexity index is 632. The molecule has 0 bridgehead atoms. The zero-order chi connectivity index (χ0) is 19.1. The van der Waals surface area contributed by atoms with Crippen molar-refractivity contribution in [1.82, 2.24) is 0 Å². The first kappa shape index (κ1) is 19.8. The van der Waals surface area contributed by atoms with Crippen LogP contribution in [0, 0.1) is 0 Å². The zero-order valence-electron chi connectivity index (χ0n) is 16.3. The molecule has 26 heavy (non-hydrogen) atoms. The van der Waals surface area contributed by atoms with Crippen molar-refractivity contribution in [2.24, 2.45) is 0 Å². The van der Waals surface area contributed by atoms with Crippen molar-refractivity contribution < 1.29 is 9.90 Å². The molecular weight excluding hydrogens is 324 g/mol. The summed E-state index contributed by atoms with van der Waals surface area (Å²) in [5.41, 5.74) is 3.87. The predicted molar refractivity (Wildman–Crippen MR) is 109 cm³/mol. The minimum absolute atomic E-state index is 0.647. The first-order chi connectivity index (χ1) is 12.5. The summed E-state index contributed by atoms with van der Waals surface area (Å²) in [6.45, 7) is 12.2. The average Bonchev–Trinajstić information content (AvgIpc) is 2.66. The molecule has 0 aliphatic rings. The summed E-state index contributed by atoms with van der Waals surface area (Å²) < 4.78 is 0. The Morgan fingerprint density at radius 2 is 1.04 bits per heavy atom. The molecule has 0 saturated heterocycles. The number of carboxylic acids is 1. The van der Waals surface area contributed by atoms with E-state index in [-0.39, 0.29) is 0 Å². The molecule has 0 amide bonds. The molecule has 2 aromatic carbocycles. The molecule has 2 rings (SSSR count). The van der Waals surface area contributed by atoms with Crippen molar-refractivity contribution >= 4 is 17.3 Å². The Labute approximate surface area is 157 Å². The van der Waals surface area contributed by atoms with Gasteiger partial charge in [-0.25, -0.2) is 0 Å². The molecular formula is C22H30N2O2. The summed E-state index contributed by atoms with van der Waals surface area (Å²) in [6.07, 6.45) is 0. The number of hydrogen-bond acceptors (Lipinski definition) is 3. The van der Waals surface area contributed by atoms with Gasteiger partial charge in [0.1, 0.15) is 5.92 Å². The van der Waals surface area contributed by atoms with Gasteiger partial charge in [0.2, 0.25) is 0 Å². The van der Waals surface area contributed by atoms with Gasteiger partial charge in [0, 0.05) is 37.6 Å². The van der Waals surface area contributed by atoms with Crippen molar-refractivity contribution in [2.75, 3.05) is 36.0 Å². The van der Waals surface area contributed by atoms with E-state index in [0.29, 0.717) is 0 Å². The fourth-order valence-corrected chi connectivity index (χ4v) is 3.41. The molecule has 0 aliphatic heterocycles. The van der Waals surface area contributed by atoms with Crippen molar-refractivity contribution in [2.45, 2.75) is 33.6 Å². The second-order valence-electron chi connectivity index (χ2n) is 6.30. The van der Waals surface area contributed by atoms with Crippen LogP contribution in [0.2, 0.25) is 0 Å². The molecule has 4 heteroatoms. The van der Waals surface area contributed by atoms with E-state index < -0.39 is 11.9 Å². The van der Waals surface area contributed by atoms with Crippen molar-refractivity contribution in [3.63, 3.8) is 0 Å². The second-order valence-corrected chi connectivity index (χ2v) is 6.30. The number of nitrogens with zero attached hydrogens (tertiary/aromatic N) is 2. The highest BCUT2D eigenvalue weighted by molar-refractivity contribution is 5.80. The minimum Gasteiger partial charge on any atom is -0.481 e. The summed E-state index contributed by atoms with van der Waals surface area (Å²) in [4.78, 5) is 16.4. The Morgan fingerprint density at radius 1 is 0.731 bits per heavy atom. The molecule has 4 nitrogen and oxygen atoms in total. The molecule has 140 valence electrons. The van der Waals surface area contributed by atoms with Crippen LogP contribution in [0.4, 0.5) is 11.4 Å². The largest absolute Gasteiger partial charge is 0.481 e. The van der Waals surface area contributed by atoms with Crippen LogP contribution in [0.5, 0.6) is 0 Å². The van der Waals surface area contributed by atoms with Gasteiger partial charge in [-0.05, 0) is 63.1 Å². The second kappa shape index (κ2) is 9.27. The smallest absolute Gasteiger partial charge is 0.315 e. The van der Waals surface area contributed by atoms with Crippen LogP contribution in [-0.2, 0) is 4.79 Å². The third-order valence-electron chi connectivity index (χ3n) is 4.96. The first-order valence-electron chi connectivity index (χ1n) is 9.48. The van der Waals surface area contributed by atoms with Gasteiger partial charge in [-0.2, -0.15) is 0 Å². The lowest BCUT2D eigenvalue weighted by Gasteiger charge is -2.23. The number of rotatable bonds is 9. The lowest BCUT2D eigenvalue weighted by molar-refractivity contribution is -0.137. The Kier molecular flexibility index (Phi) is 7.07. The van der Waals surface area contributed by atoms with Gasteiger partial charge in [-0.3, -0.25) is 4.79 Å². The minimum atomic E-state index is -0.823. The molecule has 0 unspecified atom stereocenters. The van der Waals surface area contributed by atoms with Crippen LogP contribution in [-0.4, -0.2) is 37.3 Å². The van der Waals surface area contributed by atoms with Gasteiger partial charge >= 0.3 is 5.97 Å². The summed E-state index contributed by atoms with van der Waals surface area (Å²) >= 11 is 0. The maximum Gasteiger partial charge on any atom is 0.315 e. The van der Waals surface area contributed by atoms with E-state index in [1.807, 2.05) is 48.5 Å². The normalized spacial score (nSPS) is 10.8. The van der Waals surface area contributed by atoms with E-state index in [1.165, 1.54) is 0 Å². The van der Waals surface area contributed by atoms with Crippen LogP contribution in [0.25, 0.3) is 0 Å². The predicted octanol–water partition coefficient (Wildman–Crippen LogP) is 4.60. The first-order valence-corrected chi connectivity index (χ1v) is 9.48. The number of carbonyl (C=O) groups is 1. The topological polar surface area (TPSA) is 43.8 Å². The standard InChI is InChI=1S/C22H30N2O2/c1-5-23(6-2)19-13-9-17(10-14-19)21(22(25)26)18-11-15-20(16-12-18)24(7-3)8-4/h9-16,21H,5-8H2,1-4H3,(H,25,26). The maximum absolute atomic E-state index is 11.9. The van der Waals surface area contributed by atoms with Gasteiger partial charge in [0.15, 0.2) is 0 Å². The molecule has 0 spiro atoms. The van der Waals surface area contributed by atoms with Gasteiger partial charge in [-0.1, -0.05) is 24.3 Å². The van der Waals surface area contributed by atoms with Gasteiger partial charge in [0.25, 0.3) is 0 Å². The lowest BCUT2D eigenvalue weighted by atomic mass is 9.91. The molecule has 0 radical (unpaired) electrons. The Balaban J connectivity index is 2.30. The Morgan fingerprint density at radius 3 is 1.27 bits per heavy atom. The number of carboxylic acid groups (broad SMARTS) is 1. The van der Waals surface area contributed by atoms with Crippen LogP contribution in [0.15, 0.2) is 48.5 Å². The van der Waals surface area contributed by atoms with Crippen molar-refractivity contribution in [1.29, 1.82) is 0 Å². The molecule has 0 fully saturated rings. The lowest BCUT2D eigenvalue weighted by Crippen LogP contribution is -2.22. The summed E-state index contributed by atoms with van der Waals surface area (Å²) in [7, 11) is 0. The highest BCUT2D eigenvalue weighted by Crippen LogP contribution is 2.28. The molecule has 0 atom stereocenters. The van der Waals surface area contributed by atoms with E-state index in [1.54, 1.807) is 0 Å². The van der Waals surface area contributed by atoms with Crippen LogP contribution in [0.3, 0.4) is 0 Å². The number of hydrogen-bond donors (Lipinski definition) is 1. The van der Waals surface area contributed by atoms with Crippen LogP contribution >= 0.6 is 0 Å². The fraction of sp³-hybridized carbons (Fsp3) is 0.409. The molecule has 0 aliphatic carbocycles. The van der Waals surface area contributed by atoms with E-state index in [2.05, 4.69) is 37.5 Å². The zero-order valence-corrected chi connectivity index (χ0v) is 16.3. The van der Waals surface area contributed by atoms with E-state index in [0.717, 1.165) is 48.7 Å². The highest BCUT2D eigenvalue weighted by Gasteiger charge is 2.22. The monoisotopic (exact) mass is 354 g/mol. The molecule has 2 aromatic rings. The summed E-state index contributed by atoms with van der Waals surface area (Å²) in [5.74, 6) is -1.47. The number of benzene rings is 2. The summed E-state index contributed by atoms with van der Waals surface area (Å²) in [5, 5.41) is 9.80. The average molecular weight is 354 g/mol. The van der Waals surface area contributed by atoms with E-state index >= 15 is 0 Å². The molecule has 0 aromatic heterocycles. The van der Waals surface area contributed by atoms with E-state index in [4.69, 9.17) is 0 Å². The van der Waals surface area contributed by atoms with Crippen LogP contribution in [0.1, 0.15) is 44.7 Å². The Hall–Kier alpha value is -2.49. The number of aliphatic carboxylic acids is 1. The van der Waals surface area contributed by atoms with E-state index in [9.17, 15) is 9.90 Å². The van der Waals surface area contributed by atoms with Gasteiger partial charge in [0.05, 0.1) is 0 Å². The third-order valence-corrected chi connectivity index (χ3v) is 4.96. The summed E-state index contributed by atoms with van der Waals surface area (Å²) in [6, 6.07) is 15.8. The molecule has 0 heterocycles. The third kappa shape index (κ3) is 4.37. The maximum atomic E-state index is 11.9. The van der Waals surface area contributed by atoms with Crippen molar-refractivity contribution in [3.05, 3.63) is 59.7 Å². The SMILES string of the molecule is CCN(CC)c1ccc(C(C(=O)O)c2ccc(N(CC)CC)cc2)cc1. The molecule has 1 N–H and O–H groups in total. The highest BCUT2D eigenvalue weighted by atomic mass is 16.4. The quantitative estimate of drug-likeness (QED) is 0.715. The number of anilines is 2.